The Labute approximate surface area is 139 Å². The molecule has 0 spiro atoms. The van der Waals surface area contributed by atoms with Crippen LogP contribution in [0.25, 0.3) is 0 Å². The molecule has 23 heavy (non-hydrogen) atoms. The molecule has 1 aromatic rings. The second kappa shape index (κ2) is 7.46. The second-order valence-corrected chi connectivity index (χ2v) is 8.44. The number of amides is 1. The Morgan fingerprint density at radius 2 is 1.87 bits per heavy atom. The SMILES string of the molecule is CC(C)C(N)CCN(C)S(=O)(=O)c1cc(C(=O)N(C)C)n(C)c1. The van der Waals surface area contributed by atoms with Gasteiger partial charge in [-0.3, -0.25) is 4.79 Å². The van der Waals surface area contributed by atoms with Gasteiger partial charge in [-0.05, 0) is 18.4 Å². The van der Waals surface area contributed by atoms with E-state index < -0.39 is 10.0 Å². The predicted molar refractivity (Wildman–Crippen MR) is 90.7 cm³/mol. The molecule has 1 amide bonds. The summed E-state index contributed by atoms with van der Waals surface area (Å²) in [6.45, 7) is 4.36. The zero-order valence-corrected chi connectivity index (χ0v) is 15.6. The summed E-state index contributed by atoms with van der Waals surface area (Å²) in [6.07, 6.45) is 2.05. The molecular formula is C15H28N4O3S. The van der Waals surface area contributed by atoms with Crippen molar-refractivity contribution < 1.29 is 13.2 Å². The maximum atomic E-state index is 12.6. The maximum Gasteiger partial charge on any atom is 0.269 e. The first-order valence-corrected chi connectivity index (χ1v) is 9.02. The van der Waals surface area contributed by atoms with Crippen molar-refractivity contribution in [2.45, 2.75) is 31.2 Å². The van der Waals surface area contributed by atoms with E-state index in [9.17, 15) is 13.2 Å². The van der Waals surface area contributed by atoms with Crippen LogP contribution in [0.1, 0.15) is 30.8 Å². The van der Waals surface area contributed by atoms with Gasteiger partial charge < -0.3 is 15.2 Å². The van der Waals surface area contributed by atoms with Crippen LogP contribution in [0.4, 0.5) is 0 Å². The lowest BCUT2D eigenvalue weighted by molar-refractivity contribution is 0.0818. The number of hydrogen-bond donors (Lipinski definition) is 1. The minimum absolute atomic E-state index is 0.0469. The third kappa shape index (κ3) is 4.55. The van der Waals surface area contributed by atoms with E-state index in [1.807, 2.05) is 13.8 Å². The smallest absolute Gasteiger partial charge is 0.269 e. The average Bonchev–Trinajstić information content (AvgIpc) is 2.85. The normalized spacial score (nSPS) is 13.6. The molecule has 1 atom stereocenters. The number of carbonyl (C=O) groups is 1. The standard InChI is InChI=1S/C15H28N4O3S/c1-11(2)13(16)7-8-19(6)23(21,22)12-9-14(18(5)10-12)15(20)17(3)4/h9-11,13H,7-8,16H2,1-6H3. The van der Waals surface area contributed by atoms with Gasteiger partial charge in [0.2, 0.25) is 10.0 Å². The molecule has 0 aliphatic carbocycles. The number of carbonyl (C=O) groups excluding carboxylic acids is 1. The molecule has 0 fully saturated rings. The minimum atomic E-state index is -3.64. The summed E-state index contributed by atoms with van der Waals surface area (Å²) in [4.78, 5) is 13.6. The third-order valence-electron chi connectivity index (χ3n) is 3.95. The third-order valence-corrected chi connectivity index (χ3v) is 5.77. The fourth-order valence-corrected chi connectivity index (χ4v) is 3.34. The lowest BCUT2D eigenvalue weighted by atomic mass is 10.0. The van der Waals surface area contributed by atoms with Gasteiger partial charge in [0.15, 0.2) is 0 Å². The van der Waals surface area contributed by atoms with Crippen LogP contribution < -0.4 is 5.73 Å². The lowest BCUT2D eigenvalue weighted by Gasteiger charge is -2.20. The van der Waals surface area contributed by atoms with Crippen molar-refractivity contribution in [1.82, 2.24) is 13.8 Å². The average molecular weight is 344 g/mol. The Kier molecular flexibility index (Phi) is 6.38. The molecule has 1 rings (SSSR count). The number of aromatic nitrogens is 1. The molecule has 1 aromatic heterocycles. The monoisotopic (exact) mass is 344 g/mol. The van der Waals surface area contributed by atoms with Crippen LogP contribution in [0.5, 0.6) is 0 Å². The summed E-state index contributed by atoms with van der Waals surface area (Å²) in [7, 11) is 2.81. The maximum absolute atomic E-state index is 12.6. The first kappa shape index (κ1) is 19.7. The van der Waals surface area contributed by atoms with Crippen LogP contribution in [0.3, 0.4) is 0 Å². The molecule has 132 valence electrons. The molecule has 0 aliphatic rings. The fourth-order valence-electron chi connectivity index (χ4n) is 2.08. The van der Waals surface area contributed by atoms with Crippen LogP contribution in [-0.4, -0.2) is 61.8 Å². The van der Waals surface area contributed by atoms with E-state index in [2.05, 4.69) is 0 Å². The number of sulfonamides is 1. The van der Waals surface area contributed by atoms with Crippen LogP contribution in [-0.2, 0) is 17.1 Å². The predicted octanol–water partition coefficient (Wildman–Crippen LogP) is 0.721. The molecule has 1 heterocycles. The number of aryl methyl sites for hydroxylation is 1. The largest absolute Gasteiger partial charge is 0.345 e. The molecule has 7 nitrogen and oxygen atoms in total. The summed E-state index contributed by atoms with van der Waals surface area (Å²) >= 11 is 0. The zero-order chi connectivity index (χ0) is 17.9. The highest BCUT2D eigenvalue weighted by Crippen LogP contribution is 2.19. The summed E-state index contributed by atoms with van der Waals surface area (Å²) in [5, 5.41) is 0. The van der Waals surface area contributed by atoms with Crippen molar-refractivity contribution in [2.75, 3.05) is 27.7 Å². The van der Waals surface area contributed by atoms with Crippen molar-refractivity contribution in [2.24, 2.45) is 18.7 Å². The number of hydrogen-bond acceptors (Lipinski definition) is 4. The van der Waals surface area contributed by atoms with Crippen molar-refractivity contribution in [3.05, 3.63) is 18.0 Å². The van der Waals surface area contributed by atoms with Crippen molar-refractivity contribution in [1.29, 1.82) is 0 Å². The number of nitrogens with zero attached hydrogens (tertiary/aromatic N) is 3. The molecule has 8 heteroatoms. The highest BCUT2D eigenvalue weighted by Gasteiger charge is 2.25. The molecule has 0 saturated carbocycles. The van der Waals surface area contributed by atoms with Crippen molar-refractivity contribution in [3.8, 4) is 0 Å². The second-order valence-electron chi connectivity index (χ2n) is 6.39. The van der Waals surface area contributed by atoms with Crippen LogP contribution in [0.2, 0.25) is 0 Å². The van der Waals surface area contributed by atoms with Crippen LogP contribution >= 0.6 is 0 Å². The van der Waals surface area contributed by atoms with E-state index >= 15 is 0 Å². The summed E-state index contributed by atoms with van der Waals surface area (Å²) in [5.41, 5.74) is 6.31. The van der Waals surface area contributed by atoms with Gasteiger partial charge in [-0.1, -0.05) is 13.8 Å². The Morgan fingerprint density at radius 1 is 1.30 bits per heavy atom. The Bertz CT molecular complexity index is 650. The first-order valence-electron chi connectivity index (χ1n) is 7.58. The molecule has 0 bridgehead atoms. The fraction of sp³-hybridized carbons (Fsp3) is 0.667. The van der Waals surface area contributed by atoms with Crippen molar-refractivity contribution in [3.63, 3.8) is 0 Å². The van der Waals surface area contributed by atoms with E-state index in [0.717, 1.165) is 0 Å². The minimum Gasteiger partial charge on any atom is -0.345 e. The van der Waals surface area contributed by atoms with E-state index in [1.165, 1.54) is 33.1 Å². The van der Waals surface area contributed by atoms with Gasteiger partial charge >= 0.3 is 0 Å². The Balaban J connectivity index is 2.96. The molecular weight excluding hydrogens is 316 g/mol. The highest BCUT2D eigenvalue weighted by atomic mass is 32.2. The van der Waals surface area contributed by atoms with E-state index in [-0.39, 0.29) is 16.8 Å². The van der Waals surface area contributed by atoms with Gasteiger partial charge in [0.1, 0.15) is 10.6 Å². The number of rotatable bonds is 7. The van der Waals surface area contributed by atoms with E-state index in [1.54, 1.807) is 21.1 Å². The van der Waals surface area contributed by atoms with Gasteiger partial charge in [0.25, 0.3) is 5.91 Å². The zero-order valence-electron chi connectivity index (χ0n) is 14.8. The van der Waals surface area contributed by atoms with Gasteiger partial charge in [0, 0.05) is 47.0 Å². The van der Waals surface area contributed by atoms with Gasteiger partial charge in [-0.15, -0.1) is 0 Å². The van der Waals surface area contributed by atoms with Gasteiger partial charge in [-0.2, -0.15) is 0 Å². The first-order chi connectivity index (χ1) is 10.5. The number of nitrogens with two attached hydrogens (primary N) is 1. The molecule has 0 aliphatic heterocycles. The van der Waals surface area contributed by atoms with E-state index in [0.29, 0.717) is 24.6 Å². The quantitative estimate of drug-likeness (QED) is 0.789. The molecule has 0 radical (unpaired) electrons. The van der Waals surface area contributed by atoms with Gasteiger partial charge in [-0.25, -0.2) is 12.7 Å². The lowest BCUT2D eigenvalue weighted by Crippen LogP contribution is -2.34. The highest BCUT2D eigenvalue weighted by molar-refractivity contribution is 7.89. The molecule has 2 N–H and O–H groups in total. The van der Waals surface area contributed by atoms with Crippen molar-refractivity contribution >= 4 is 15.9 Å². The Morgan fingerprint density at radius 3 is 2.35 bits per heavy atom. The topological polar surface area (TPSA) is 88.6 Å². The van der Waals surface area contributed by atoms with Gasteiger partial charge in [0.05, 0.1) is 0 Å². The molecule has 1 unspecified atom stereocenters. The Hall–Kier alpha value is -1.38. The summed E-state index contributed by atoms with van der Waals surface area (Å²) in [6, 6.07) is 1.37. The summed E-state index contributed by atoms with van der Waals surface area (Å²) in [5.74, 6) is 0.0607. The van der Waals surface area contributed by atoms with Crippen LogP contribution in [0, 0.1) is 5.92 Å². The van der Waals surface area contributed by atoms with E-state index in [4.69, 9.17) is 5.73 Å². The molecule has 0 saturated heterocycles. The molecule has 0 aromatic carbocycles. The summed E-state index contributed by atoms with van der Waals surface area (Å²) < 4.78 is 28.1. The van der Waals surface area contributed by atoms with Crippen LogP contribution in [0.15, 0.2) is 17.2 Å².